The number of nitrogens with one attached hydrogen (secondary N) is 1. The molecule has 1 N–H and O–H groups in total. The lowest BCUT2D eigenvalue weighted by molar-refractivity contribution is -0.137. The standard InChI is InChI=1S/C12H9BrClF3N2O/c13-5-10-9(6-14)11(20)19(18-10)8-3-1-7(2-4-8)12(15,16)17/h1-4,18H,5-6H2. The summed E-state index contributed by atoms with van der Waals surface area (Å²) < 4.78 is 38.6. The predicted molar refractivity (Wildman–Crippen MR) is 73.6 cm³/mol. The summed E-state index contributed by atoms with van der Waals surface area (Å²) in [5.74, 6) is 0.0316. The molecule has 0 bridgehead atoms. The van der Waals surface area contributed by atoms with Crippen molar-refractivity contribution >= 4 is 27.5 Å². The maximum Gasteiger partial charge on any atom is 0.416 e. The number of alkyl halides is 5. The molecule has 2 rings (SSSR count). The van der Waals surface area contributed by atoms with Crippen LogP contribution < -0.4 is 5.56 Å². The molecule has 20 heavy (non-hydrogen) atoms. The van der Waals surface area contributed by atoms with Gasteiger partial charge in [-0.3, -0.25) is 9.89 Å². The van der Waals surface area contributed by atoms with E-state index in [2.05, 4.69) is 21.0 Å². The van der Waals surface area contributed by atoms with Gasteiger partial charge in [-0.25, -0.2) is 4.68 Å². The molecule has 0 radical (unpaired) electrons. The Labute approximate surface area is 125 Å². The Morgan fingerprint density at radius 1 is 1.25 bits per heavy atom. The lowest BCUT2D eigenvalue weighted by Crippen LogP contribution is -2.17. The van der Waals surface area contributed by atoms with Crippen molar-refractivity contribution in [2.45, 2.75) is 17.4 Å². The molecule has 0 saturated carbocycles. The van der Waals surface area contributed by atoms with Gasteiger partial charge in [0.15, 0.2) is 0 Å². The van der Waals surface area contributed by atoms with E-state index < -0.39 is 11.7 Å². The van der Waals surface area contributed by atoms with E-state index in [1.807, 2.05) is 0 Å². The molecule has 0 aliphatic carbocycles. The fourth-order valence-electron chi connectivity index (χ4n) is 1.75. The first-order valence-electron chi connectivity index (χ1n) is 5.50. The molecule has 0 unspecified atom stereocenters. The minimum Gasteiger partial charge on any atom is -0.294 e. The van der Waals surface area contributed by atoms with Gasteiger partial charge in [-0.2, -0.15) is 13.2 Å². The Kier molecular flexibility index (Phi) is 4.29. The molecule has 3 nitrogen and oxygen atoms in total. The van der Waals surface area contributed by atoms with Crippen LogP contribution in [0.2, 0.25) is 0 Å². The minimum absolute atomic E-state index is 0.0316. The summed E-state index contributed by atoms with van der Waals surface area (Å²) in [6.07, 6.45) is -4.40. The Hall–Kier alpha value is -1.21. The number of nitrogens with zero attached hydrogens (tertiary/aromatic N) is 1. The van der Waals surface area contributed by atoms with Crippen LogP contribution >= 0.6 is 27.5 Å². The third kappa shape index (κ3) is 2.78. The van der Waals surface area contributed by atoms with Crippen LogP contribution in [0.3, 0.4) is 0 Å². The molecule has 1 aromatic heterocycles. The number of H-pyrrole nitrogens is 1. The van der Waals surface area contributed by atoms with Crippen molar-refractivity contribution in [2.24, 2.45) is 0 Å². The van der Waals surface area contributed by atoms with Crippen molar-refractivity contribution in [1.82, 2.24) is 9.78 Å². The molecule has 1 aromatic carbocycles. The van der Waals surface area contributed by atoms with Crippen molar-refractivity contribution in [1.29, 1.82) is 0 Å². The van der Waals surface area contributed by atoms with Crippen LogP contribution in [0.1, 0.15) is 16.8 Å². The van der Waals surface area contributed by atoms with Crippen LogP contribution in [0.5, 0.6) is 0 Å². The molecule has 0 spiro atoms. The maximum atomic E-state index is 12.5. The van der Waals surface area contributed by atoms with Crippen LogP contribution in [-0.2, 0) is 17.4 Å². The summed E-state index contributed by atoms with van der Waals surface area (Å²) in [4.78, 5) is 12.1. The SMILES string of the molecule is O=c1c(CCl)c(CBr)[nH]n1-c1ccc(C(F)(F)F)cc1. The average Bonchev–Trinajstić information content (AvgIpc) is 2.74. The third-order valence-corrected chi connectivity index (χ3v) is 3.62. The van der Waals surface area contributed by atoms with Crippen LogP contribution in [0.4, 0.5) is 13.2 Å². The van der Waals surface area contributed by atoms with Gasteiger partial charge in [-0.1, -0.05) is 15.9 Å². The van der Waals surface area contributed by atoms with Crippen molar-refractivity contribution < 1.29 is 13.2 Å². The van der Waals surface area contributed by atoms with Gasteiger partial charge in [-0.05, 0) is 24.3 Å². The lowest BCUT2D eigenvalue weighted by atomic mass is 10.2. The zero-order valence-electron chi connectivity index (χ0n) is 9.97. The highest BCUT2D eigenvalue weighted by Crippen LogP contribution is 2.29. The molecule has 0 fully saturated rings. The van der Waals surface area contributed by atoms with E-state index in [-0.39, 0.29) is 11.4 Å². The van der Waals surface area contributed by atoms with E-state index in [1.54, 1.807) is 0 Å². The number of aromatic amines is 1. The number of rotatable bonds is 3. The summed E-state index contributed by atoms with van der Waals surface area (Å²) in [6.45, 7) is 0. The largest absolute Gasteiger partial charge is 0.416 e. The fraction of sp³-hybridized carbons (Fsp3) is 0.250. The molecule has 0 atom stereocenters. The van der Waals surface area contributed by atoms with Gasteiger partial charge in [0.05, 0.1) is 28.4 Å². The van der Waals surface area contributed by atoms with Gasteiger partial charge < -0.3 is 0 Å². The maximum absolute atomic E-state index is 12.5. The Bertz CT molecular complexity index is 661. The van der Waals surface area contributed by atoms with Crippen LogP contribution in [0.15, 0.2) is 29.1 Å². The van der Waals surface area contributed by atoms with Gasteiger partial charge in [0.2, 0.25) is 0 Å². The zero-order chi connectivity index (χ0) is 14.9. The molecular weight excluding hydrogens is 360 g/mol. The molecule has 2 aromatic rings. The predicted octanol–water partition coefficient (Wildman–Crippen LogP) is 3.82. The number of halogens is 5. The summed E-state index contributed by atoms with van der Waals surface area (Å²) in [7, 11) is 0. The lowest BCUT2D eigenvalue weighted by Gasteiger charge is -2.07. The average molecular weight is 370 g/mol. The Balaban J connectivity index is 2.47. The summed E-state index contributed by atoms with van der Waals surface area (Å²) in [6, 6.07) is 4.32. The normalized spacial score (nSPS) is 11.8. The summed E-state index contributed by atoms with van der Waals surface area (Å²) in [5.41, 5.74) is 0.184. The van der Waals surface area contributed by atoms with Crippen molar-refractivity contribution in [2.75, 3.05) is 0 Å². The monoisotopic (exact) mass is 368 g/mol. The molecule has 1 heterocycles. The zero-order valence-corrected chi connectivity index (χ0v) is 12.3. The summed E-state index contributed by atoms with van der Waals surface area (Å²) >= 11 is 8.92. The van der Waals surface area contributed by atoms with Crippen LogP contribution in [0, 0.1) is 0 Å². The van der Waals surface area contributed by atoms with E-state index in [0.29, 0.717) is 22.3 Å². The Morgan fingerprint density at radius 3 is 2.25 bits per heavy atom. The molecule has 8 heteroatoms. The fourth-order valence-corrected chi connectivity index (χ4v) is 2.49. The molecule has 0 aliphatic rings. The van der Waals surface area contributed by atoms with Crippen molar-refractivity contribution in [3.05, 3.63) is 51.4 Å². The second-order valence-corrected chi connectivity index (χ2v) is 4.85. The number of hydrogen-bond acceptors (Lipinski definition) is 1. The highest BCUT2D eigenvalue weighted by atomic mass is 79.9. The van der Waals surface area contributed by atoms with E-state index in [9.17, 15) is 18.0 Å². The van der Waals surface area contributed by atoms with Gasteiger partial charge in [0.1, 0.15) is 0 Å². The number of benzene rings is 1. The molecule has 0 amide bonds. The Morgan fingerprint density at radius 2 is 1.85 bits per heavy atom. The summed E-state index contributed by atoms with van der Waals surface area (Å²) in [5, 5.41) is 3.22. The second kappa shape index (κ2) is 5.65. The van der Waals surface area contributed by atoms with E-state index in [0.717, 1.165) is 12.1 Å². The quantitative estimate of drug-likeness (QED) is 0.821. The first kappa shape index (κ1) is 15.2. The molecule has 108 valence electrons. The topological polar surface area (TPSA) is 37.8 Å². The number of hydrogen-bond donors (Lipinski definition) is 1. The third-order valence-electron chi connectivity index (χ3n) is 2.79. The van der Waals surface area contributed by atoms with Crippen LogP contribution in [0.25, 0.3) is 5.69 Å². The molecule has 0 saturated heterocycles. The molecule has 0 aliphatic heterocycles. The van der Waals surface area contributed by atoms with Gasteiger partial charge in [0, 0.05) is 5.33 Å². The first-order valence-corrected chi connectivity index (χ1v) is 7.16. The molecular formula is C12H9BrClF3N2O. The smallest absolute Gasteiger partial charge is 0.294 e. The van der Waals surface area contributed by atoms with Crippen LogP contribution in [-0.4, -0.2) is 9.78 Å². The second-order valence-electron chi connectivity index (χ2n) is 4.02. The highest BCUT2D eigenvalue weighted by molar-refractivity contribution is 9.08. The van der Waals surface area contributed by atoms with E-state index in [1.165, 1.54) is 16.8 Å². The highest BCUT2D eigenvalue weighted by Gasteiger charge is 2.30. The van der Waals surface area contributed by atoms with Gasteiger partial charge >= 0.3 is 6.18 Å². The van der Waals surface area contributed by atoms with Gasteiger partial charge in [0.25, 0.3) is 5.56 Å². The van der Waals surface area contributed by atoms with Gasteiger partial charge in [-0.15, -0.1) is 11.6 Å². The van der Waals surface area contributed by atoms with Crippen molar-refractivity contribution in [3.8, 4) is 5.69 Å². The number of aromatic nitrogens is 2. The van der Waals surface area contributed by atoms with E-state index in [4.69, 9.17) is 11.6 Å². The first-order chi connectivity index (χ1) is 9.38. The van der Waals surface area contributed by atoms with E-state index >= 15 is 0 Å². The van der Waals surface area contributed by atoms with Crippen molar-refractivity contribution in [3.63, 3.8) is 0 Å². The minimum atomic E-state index is -4.40.